The van der Waals surface area contributed by atoms with Crippen molar-refractivity contribution in [2.45, 2.75) is 59.3 Å². The Kier molecular flexibility index (Phi) is 12.0. The number of hydrogen-bond donors (Lipinski definition) is 1. The van der Waals surface area contributed by atoms with Gasteiger partial charge in [0.1, 0.15) is 18.6 Å². The Morgan fingerprint density at radius 3 is 2.41 bits per heavy atom. The minimum atomic E-state index is -1.47. The van der Waals surface area contributed by atoms with Crippen LogP contribution < -0.4 is 14.8 Å². The van der Waals surface area contributed by atoms with E-state index in [1.165, 1.54) is 26.3 Å². The molecule has 0 aromatic carbocycles. The summed E-state index contributed by atoms with van der Waals surface area (Å²) in [6, 6.07) is 3.40. The van der Waals surface area contributed by atoms with Crippen LogP contribution in [0.15, 0.2) is 36.8 Å². The number of pyridine rings is 2. The van der Waals surface area contributed by atoms with Gasteiger partial charge in [0, 0.05) is 24.7 Å². The van der Waals surface area contributed by atoms with Gasteiger partial charge in [0.15, 0.2) is 29.3 Å². The molecule has 2 aromatic heterocycles. The quantitative estimate of drug-likeness (QED) is 0.221. The molecule has 1 fully saturated rings. The SMILES string of the molecule is COc1ccnc(C(=O)N[C@H]2COC(=O)[C@H](Cc3cccnc3)[C@@H](OC(=O)C(C)C)[C@H](C)OC2=O)c1OCOC(=O)C(C)C. The molecule has 0 radical (unpaired) electrons. The Morgan fingerprint density at radius 1 is 1.05 bits per heavy atom. The van der Waals surface area contributed by atoms with E-state index in [1.807, 2.05) is 0 Å². The zero-order valence-electron chi connectivity index (χ0n) is 25.4. The van der Waals surface area contributed by atoms with Crippen molar-refractivity contribution in [2.75, 3.05) is 20.5 Å². The van der Waals surface area contributed by atoms with Gasteiger partial charge in [0.05, 0.1) is 18.9 Å². The predicted molar refractivity (Wildman–Crippen MR) is 151 cm³/mol. The van der Waals surface area contributed by atoms with E-state index in [4.69, 9.17) is 28.4 Å². The molecule has 0 saturated carbocycles. The van der Waals surface area contributed by atoms with Gasteiger partial charge >= 0.3 is 23.9 Å². The number of nitrogens with zero attached hydrogens (tertiary/aromatic N) is 2. The predicted octanol–water partition coefficient (Wildman–Crippen LogP) is 2.03. The van der Waals surface area contributed by atoms with Crippen LogP contribution in [0.4, 0.5) is 0 Å². The van der Waals surface area contributed by atoms with Crippen molar-refractivity contribution in [3.63, 3.8) is 0 Å². The summed E-state index contributed by atoms with van der Waals surface area (Å²) in [5, 5.41) is 2.45. The van der Waals surface area contributed by atoms with Crippen LogP contribution in [0.3, 0.4) is 0 Å². The average Bonchev–Trinajstić information content (AvgIpc) is 3.03. The van der Waals surface area contributed by atoms with Crippen molar-refractivity contribution >= 4 is 29.8 Å². The lowest BCUT2D eigenvalue weighted by Crippen LogP contribution is -2.47. The highest BCUT2D eigenvalue weighted by Crippen LogP contribution is 2.30. The Bertz CT molecular complexity index is 1330. The first-order valence-electron chi connectivity index (χ1n) is 14.0. The molecule has 1 aliphatic heterocycles. The van der Waals surface area contributed by atoms with Gasteiger partial charge < -0.3 is 33.7 Å². The molecular weight excluding hydrogens is 578 g/mol. The summed E-state index contributed by atoms with van der Waals surface area (Å²) < 4.78 is 32.5. The first-order valence-corrected chi connectivity index (χ1v) is 14.0. The normalized spacial score (nSPS) is 20.4. The van der Waals surface area contributed by atoms with Gasteiger partial charge in [-0.2, -0.15) is 0 Å². The van der Waals surface area contributed by atoms with Crippen LogP contribution in [0.2, 0.25) is 0 Å². The number of cyclic esters (lactones) is 2. The largest absolute Gasteiger partial charge is 0.493 e. The zero-order valence-corrected chi connectivity index (χ0v) is 25.4. The Balaban J connectivity index is 1.85. The van der Waals surface area contributed by atoms with Gasteiger partial charge in [-0.05, 0) is 25.0 Å². The molecular formula is C30H37N3O11. The lowest BCUT2D eigenvalue weighted by Gasteiger charge is -2.29. The number of ether oxygens (including phenoxy) is 6. The molecule has 44 heavy (non-hydrogen) atoms. The molecule has 3 rings (SSSR count). The van der Waals surface area contributed by atoms with Crippen molar-refractivity contribution in [1.82, 2.24) is 15.3 Å². The highest BCUT2D eigenvalue weighted by molar-refractivity contribution is 5.98. The number of rotatable bonds is 11. The Morgan fingerprint density at radius 2 is 1.77 bits per heavy atom. The summed E-state index contributed by atoms with van der Waals surface area (Å²) in [5.74, 6) is -5.75. The van der Waals surface area contributed by atoms with E-state index >= 15 is 0 Å². The minimum absolute atomic E-state index is 0.0808. The number of carbonyl (C=O) groups is 5. The molecule has 0 aliphatic carbocycles. The Labute approximate surface area is 254 Å². The molecule has 1 saturated heterocycles. The van der Waals surface area contributed by atoms with E-state index in [-0.39, 0.29) is 23.6 Å². The van der Waals surface area contributed by atoms with Gasteiger partial charge in [-0.1, -0.05) is 33.8 Å². The molecule has 0 spiro atoms. The van der Waals surface area contributed by atoms with Crippen LogP contribution in [-0.4, -0.2) is 78.5 Å². The zero-order chi connectivity index (χ0) is 32.4. The second-order valence-corrected chi connectivity index (χ2v) is 10.6. The number of carbonyl (C=O) groups excluding carboxylic acids is 5. The van der Waals surface area contributed by atoms with E-state index in [0.29, 0.717) is 5.56 Å². The number of nitrogens with one attached hydrogen (secondary N) is 1. The fraction of sp³-hybridized carbons (Fsp3) is 0.500. The van der Waals surface area contributed by atoms with Gasteiger partial charge in [-0.25, -0.2) is 9.78 Å². The fourth-order valence-electron chi connectivity index (χ4n) is 4.09. The van der Waals surface area contributed by atoms with Crippen LogP contribution in [0, 0.1) is 17.8 Å². The summed E-state index contributed by atoms with van der Waals surface area (Å²) in [5.41, 5.74) is 0.369. The van der Waals surface area contributed by atoms with E-state index in [9.17, 15) is 24.0 Å². The van der Waals surface area contributed by atoms with Crippen molar-refractivity contribution in [1.29, 1.82) is 0 Å². The lowest BCUT2D eigenvalue weighted by molar-refractivity contribution is -0.176. The van der Waals surface area contributed by atoms with Gasteiger partial charge in [0.2, 0.25) is 6.79 Å². The maximum atomic E-state index is 13.4. The maximum absolute atomic E-state index is 13.4. The smallest absolute Gasteiger partial charge is 0.332 e. The second kappa shape index (κ2) is 15.6. The standard InChI is InChI=1S/C30H37N3O11/c1-16(2)27(35)42-15-41-25-22(39-6)9-11-32-23(25)26(34)33-21-14-40-29(37)20(12-19-8-7-10-31-13-19)24(18(5)43-30(21)38)44-28(36)17(3)4/h7-11,13,16-18,20-21,24H,12,14-15H2,1-6H3,(H,33,34)/t18-,20+,21-,24-/m0/s1. The van der Waals surface area contributed by atoms with E-state index < -0.39 is 79.2 Å². The van der Waals surface area contributed by atoms with E-state index in [1.54, 1.807) is 52.2 Å². The van der Waals surface area contributed by atoms with Crippen LogP contribution in [0.1, 0.15) is 50.7 Å². The summed E-state index contributed by atoms with van der Waals surface area (Å²) >= 11 is 0. The van der Waals surface area contributed by atoms with Crippen LogP contribution >= 0.6 is 0 Å². The maximum Gasteiger partial charge on any atom is 0.332 e. The van der Waals surface area contributed by atoms with Crippen molar-refractivity contribution in [3.05, 3.63) is 48.0 Å². The second-order valence-electron chi connectivity index (χ2n) is 10.6. The topological polar surface area (TPSA) is 179 Å². The van der Waals surface area contributed by atoms with E-state index in [2.05, 4.69) is 15.3 Å². The summed E-state index contributed by atoms with van der Waals surface area (Å²) in [6.07, 6.45) is 2.21. The van der Waals surface area contributed by atoms with Crippen molar-refractivity contribution in [3.8, 4) is 11.5 Å². The summed E-state index contributed by atoms with van der Waals surface area (Å²) in [6.45, 7) is 6.92. The monoisotopic (exact) mass is 615 g/mol. The van der Waals surface area contributed by atoms with Crippen molar-refractivity contribution < 1.29 is 52.4 Å². The molecule has 238 valence electrons. The first-order chi connectivity index (χ1) is 20.9. The first kappa shape index (κ1) is 33.7. The fourth-order valence-corrected chi connectivity index (χ4v) is 4.09. The van der Waals surface area contributed by atoms with Gasteiger partial charge in [-0.3, -0.25) is 24.2 Å². The molecule has 0 bridgehead atoms. The molecule has 14 heteroatoms. The average molecular weight is 616 g/mol. The number of methoxy groups -OCH3 is 1. The molecule has 1 amide bonds. The molecule has 0 unspecified atom stereocenters. The highest BCUT2D eigenvalue weighted by Gasteiger charge is 2.42. The molecule has 1 N–H and O–H groups in total. The molecule has 1 aliphatic rings. The molecule has 14 nitrogen and oxygen atoms in total. The number of aromatic nitrogens is 2. The third-order valence-electron chi connectivity index (χ3n) is 6.53. The molecule has 4 atom stereocenters. The summed E-state index contributed by atoms with van der Waals surface area (Å²) in [4.78, 5) is 72.5. The number of esters is 4. The third-order valence-corrected chi connectivity index (χ3v) is 6.53. The Hall–Kier alpha value is -4.75. The van der Waals surface area contributed by atoms with Gasteiger partial charge in [-0.15, -0.1) is 0 Å². The minimum Gasteiger partial charge on any atom is -0.493 e. The third kappa shape index (κ3) is 8.88. The van der Waals surface area contributed by atoms with Crippen molar-refractivity contribution in [2.24, 2.45) is 17.8 Å². The molecule has 2 aromatic rings. The van der Waals surface area contributed by atoms with Gasteiger partial charge in [0.25, 0.3) is 5.91 Å². The lowest BCUT2D eigenvalue weighted by atomic mass is 9.91. The summed E-state index contributed by atoms with van der Waals surface area (Å²) in [7, 11) is 1.34. The number of hydrogen-bond acceptors (Lipinski definition) is 13. The van der Waals surface area contributed by atoms with Crippen LogP contribution in [0.25, 0.3) is 0 Å². The highest BCUT2D eigenvalue weighted by atomic mass is 16.7. The van der Waals surface area contributed by atoms with E-state index in [0.717, 1.165) is 0 Å². The molecule has 3 heterocycles. The number of amides is 1. The van der Waals surface area contributed by atoms with Crippen LogP contribution in [-0.2, 0) is 44.5 Å². The van der Waals surface area contributed by atoms with Crippen LogP contribution in [0.5, 0.6) is 11.5 Å².